The Labute approximate surface area is 137 Å². The van der Waals surface area contributed by atoms with E-state index in [0.717, 1.165) is 17.1 Å². The summed E-state index contributed by atoms with van der Waals surface area (Å²) in [6.07, 6.45) is 0.685. The lowest BCUT2D eigenvalue weighted by atomic mass is 10.1. The van der Waals surface area contributed by atoms with E-state index in [1.54, 1.807) is 21.3 Å². The number of hydrogen-bond acceptors (Lipinski definition) is 5. The van der Waals surface area contributed by atoms with Crippen molar-refractivity contribution in [2.75, 3.05) is 47.6 Å². The first-order valence-electron chi connectivity index (χ1n) is 6.88. The summed E-state index contributed by atoms with van der Waals surface area (Å²) in [5.41, 5.74) is 1.00. The van der Waals surface area contributed by atoms with Crippen molar-refractivity contribution in [1.82, 2.24) is 10.6 Å². The zero-order valence-corrected chi connectivity index (χ0v) is 14.1. The number of benzene rings is 1. The molecule has 0 saturated carbocycles. The number of amides is 1. The highest BCUT2D eigenvalue weighted by molar-refractivity contribution is 5.85. The standard InChI is InChI=1S/C15H24N2O4.ClH/c1-19-9-8-16-11-15(18)17-7-6-12-10-13(20-2)4-5-14(12)21-3;/h4-5,10,16H,6-9,11H2,1-3H3,(H,17,18);1H. The maximum absolute atomic E-state index is 11.6. The minimum absolute atomic E-state index is 0. The number of rotatable bonds is 10. The van der Waals surface area contributed by atoms with Crippen molar-refractivity contribution >= 4 is 18.3 Å². The summed E-state index contributed by atoms with van der Waals surface area (Å²) in [6.45, 7) is 2.09. The quantitative estimate of drug-likeness (QED) is 0.626. The fraction of sp³-hybridized carbons (Fsp3) is 0.533. The van der Waals surface area contributed by atoms with E-state index in [4.69, 9.17) is 14.2 Å². The van der Waals surface area contributed by atoms with Crippen LogP contribution in [0.5, 0.6) is 11.5 Å². The van der Waals surface area contributed by atoms with Crippen LogP contribution >= 0.6 is 12.4 Å². The Morgan fingerprint density at radius 3 is 2.55 bits per heavy atom. The first kappa shape index (κ1) is 20.5. The highest BCUT2D eigenvalue weighted by atomic mass is 35.5. The summed E-state index contributed by atoms with van der Waals surface area (Å²) in [7, 11) is 4.88. The predicted octanol–water partition coefficient (Wildman–Crippen LogP) is 1.02. The predicted molar refractivity (Wildman–Crippen MR) is 88.3 cm³/mol. The van der Waals surface area contributed by atoms with Gasteiger partial charge in [-0.15, -0.1) is 12.4 Å². The fourth-order valence-corrected chi connectivity index (χ4v) is 1.85. The van der Waals surface area contributed by atoms with Crippen LogP contribution in [0.4, 0.5) is 0 Å². The molecule has 0 unspecified atom stereocenters. The van der Waals surface area contributed by atoms with Crippen molar-refractivity contribution < 1.29 is 19.0 Å². The summed E-state index contributed by atoms with van der Waals surface area (Å²) in [5, 5.41) is 5.85. The van der Waals surface area contributed by atoms with Gasteiger partial charge in [0.2, 0.25) is 5.91 Å². The van der Waals surface area contributed by atoms with Crippen LogP contribution < -0.4 is 20.1 Å². The fourth-order valence-electron chi connectivity index (χ4n) is 1.85. The summed E-state index contributed by atoms with van der Waals surface area (Å²) in [4.78, 5) is 11.6. The summed E-state index contributed by atoms with van der Waals surface area (Å²) < 4.78 is 15.4. The van der Waals surface area contributed by atoms with Gasteiger partial charge in [-0.25, -0.2) is 0 Å². The van der Waals surface area contributed by atoms with Gasteiger partial charge in [-0.1, -0.05) is 0 Å². The molecule has 1 aromatic rings. The molecule has 0 atom stereocenters. The molecule has 0 bridgehead atoms. The van der Waals surface area contributed by atoms with Crippen molar-refractivity contribution in [3.8, 4) is 11.5 Å². The number of nitrogens with one attached hydrogen (secondary N) is 2. The highest BCUT2D eigenvalue weighted by Crippen LogP contribution is 2.23. The summed E-state index contributed by atoms with van der Waals surface area (Å²) in [6, 6.07) is 5.63. The second-order valence-electron chi connectivity index (χ2n) is 4.45. The van der Waals surface area contributed by atoms with E-state index < -0.39 is 0 Å². The molecule has 0 spiro atoms. The van der Waals surface area contributed by atoms with Crippen LogP contribution in [0.1, 0.15) is 5.56 Å². The van der Waals surface area contributed by atoms with Crippen molar-refractivity contribution in [2.45, 2.75) is 6.42 Å². The Morgan fingerprint density at radius 2 is 1.91 bits per heavy atom. The van der Waals surface area contributed by atoms with E-state index in [0.29, 0.717) is 32.7 Å². The molecule has 7 heteroatoms. The average molecular weight is 333 g/mol. The van der Waals surface area contributed by atoms with Crippen molar-refractivity contribution in [3.05, 3.63) is 23.8 Å². The number of carbonyl (C=O) groups excluding carboxylic acids is 1. The molecule has 126 valence electrons. The SMILES string of the molecule is COCCNCC(=O)NCCc1cc(OC)ccc1OC.Cl. The van der Waals surface area contributed by atoms with Gasteiger partial charge in [0.1, 0.15) is 11.5 Å². The van der Waals surface area contributed by atoms with Gasteiger partial charge < -0.3 is 24.8 Å². The van der Waals surface area contributed by atoms with Crippen molar-refractivity contribution in [1.29, 1.82) is 0 Å². The number of halogens is 1. The topological polar surface area (TPSA) is 68.8 Å². The molecule has 0 fully saturated rings. The molecule has 1 aromatic carbocycles. The van der Waals surface area contributed by atoms with Crippen LogP contribution in [-0.4, -0.2) is 53.5 Å². The molecular weight excluding hydrogens is 308 g/mol. The third-order valence-electron chi connectivity index (χ3n) is 2.97. The van der Waals surface area contributed by atoms with Crippen LogP contribution in [0.3, 0.4) is 0 Å². The third-order valence-corrected chi connectivity index (χ3v) is 2.97. The number of carbonyl (C=O) groups is 1. The van der Waals surface area contributed by atoms with Gasteiger partial charge in [-0.3, -0.25) is 4.79 Å². The molecule has 2 N–H and O–H groups in total. The Morgan fingerprint density at radius 1 is 1.14 bits per heavy atom. The minimum atomic E-state index is -0.0343. The second kappa shape index (κ2) is 12.1. The zero-order chi connectivity index (χ0) is 15.5. The molecule has 22 heavy (non-hydrogen) atoms. The van der Waals surface area contributed by atoms with Gasteiger partial charge in [0.25, 0.3) is 0 Å². The first-order chi connectivity index (χ1) is 10.2. The monoisotopic (exact) mass is 332 g/mol. The van der Waals surface area contributed by atoms with Crippen LogP contribution in [0.2, 0.25) is 0 Å². The zero-order valence-electron chi connectivity index (χ0n) is 13.3. The molecule has 0 aliphatic rings. The molecule has 0 heterocycles. The molecule has 0 saturated heterocycles. The van der Waals surface area contributed by atoms with E-state index in [1.165, 1.54) is 0 Å². The van der Waals surface area contributed by atoms with Gasteiger partial charge >= 0.3 is 0 Å². The minimum Gasteiger partial charge on any atom is -0.497 e. The molecule has 0 aliphatic heterocycles. The lowest BCUT2D eigenvalue weighted by Gasteiger charge is -2.11. The van der Waals surface area contributed by atoms with Gasteiger partial charge in [0.05, 0.1) is 27.4 Å². The normalized spacial score (nSPS) is 9.77. The van der Waals surface area contributed by atoms with Crippen LogP contribution in [-0.2, 0) is 16.0 Å². The maximum Gasteiger partial charge on any atom is 0.233 e. The van der Waals surface area contributed by atoms with Gasteiger partial charge in [0.15, 0.2) is 0 Å². The first-order valence-corrected chi connectivity index (χ1v) is 6.88. The molecule has 0 aliphatic carbocycles. The lowest BCUT2D eigenvalue weighted by molar-refractivity contribution is -0.120. The number of methoxy groups -OCH3 is 3. The second-order valence-corrected chi connectivity index (χ2v) is 4.45. The van der Waals surface area contributed by atoms with Gasteiger partial charge in [-0.05, 0) is 30.2 Å². The van der Waals surface area contributed by atoms with Gasteiger partial charge in [0, 0.05) is 20.2 Å². The largest absolute Gasteiger partial charge is 0.497 e. The van der Waals surface area contributed by atoms with E-state index in [1.807, 2.05) is 18.2 Å². The molecule has 0 radical (unpaired) electrons. The van der Waals surface area contributed by atoms with Gasteiger partial charge in [-0.2, -0.15) is 0 Å². The Hall–Kier alpha value is -1.50. The van der Waals surface area contributed by atoms with Crippen molar-refractivity contribution in [2.24, 2.45) is 0 Å². The van der Waals surface area contributed by atoms with E-state index in [-0.39, 0.29) is 18.3 Å². The van der Waals surface area contributed by atoms with Crippen LogP contribution in [0.15, 0.2) is 18.2 Å². The Balaban J connectivity index is 0.00000441. The average Bonchev–Trinajstić information content (AvgIpc) is 2.51. The third kappa shape index (κ3) is 7.49. The number of hydrogen-bond donors (Lipinski definition) is 2. The van der Waals surface area contributed by atoms with Crippen LogP contribution in [0, 0.1) is 0 Å². The Bertz CT molecular complexity index is 444. The molecule has 0 aromatic heterocycles. The Kier molecular flexibility index (Phi) is 11.3. The summed E-state index contributed by atoms with van der Waals surface area (Å²) in [5.74, 6) is 1.54. The van der Waals surface area contributed by atoms with E-state index in [2.05, 4.69) is 10.6 Å². The molecular formula is C15H25ClN2O4. The number of ether oxygens (including phenoxy) is 3. The van der Waals surface area contributed by atoms with Crippen LogP contribution in [0.25, 0.3) is 0 Å². The lowest BCUT2D eigenvalue weighted by Crippen LogP contribution is -2.36. The molecule has 6 nitrogen and oxygen atoms in total. The smallest absolute Gasteiger partial charge is 0.233 e. The maximum atomic E-state index is 11.6. The summed E-state index contributed by atoms with van der Waals surface area (Å²) >= 11 is 0. The molecule has 1 rings (SSSR count). The van der Waals surface area contributed by atoms with E-state index >= 15 is 0 Å². The van der Waals surface area contributed by atoms with E-state index in [9.17, 15) is 4.79 Å². The van der Waals surface area contributed by atoms with Crippen molar-refractivity contribution in [3.63, 3.8) is 0 Å². The molecule has 1 amide bonds. The highest BCUT2D eigenvalue weighted by Gasteiger charge is 2.06.